The summed E-state index contributed by atoms with van der Waals surface area (Å²) in [6.45, 7) is 2.50. The van der Waals surface area contributed by atoms with Gasteiger partial charge in [-0.3, -0.25) is 14.9 Å². The molecule has 0 bridgehead atoms. The lowest BCUT2D eigenvalue weighted by atomic mass is 10.1. The van der Waals surface area contributed by atoms with Gasteiger partial charge < -0.3 is 9.47 Å². The predicted molar refractivity (Wildman–Crippen MR) is 105 cm³/mol. The number of sulfonamides is 1. The number of aryl methyl sites for hydroxylation is 2. The molecule has 1 aromatic heterocycles. The zero-order valence-corrected chi connectivity index (χ0v) is 17.5. The summed E-state index contributed by atoms with van der Waals surface area (Å²) in [5, 5.41) is 11.1. The van der Waals surface area contributed by atoms with Gasteiger partial charge in [-0.2, -0.15) is 4.31 Å². The minimum absolute atomic E-state index is 0.0255. The van der Waals surface area contributed by atoms with E-state index in [1.165, 1.54) is 27.5 Å². The molecule has 0 unspecified atom stereocenters. The second-order valence-electron chi connectivity index (χ2n) is 6.71. The third-order valence-corrected chi connectivity index (χ3v) is 6.92. The first-order chi connectivity index (χ1) is 13.6. The van der Waals surface area contributed by atoms with Crippen LogP contribution >= 0.6 is 11.6 Å². The first-order valence-electron chi connectivity index (χ1n) is 8.84. The lowest BCUT2D eigenvalue weighted by Gasteiger charge is -2.21. The number of nitrogens with zero attached hydrogens (tertiary/aromatic N) is 5. The minimum atomic E-state index is -3.78. The molecule has 10 nitrogen and oxygen atoms in total. The molecule has 0 N–H and O–H groups in total. The van der Waals surface area contributed by atoms with Crippen LogP contribution in [0, 0.1) is 17.0 Å². The molecule has 1 aliphatic heterocycles. The first kappa shape index (κ1) is 21.2. The Bertz CT molecular complexity index is 1050. The third-order valence-electron chi connectivity index (χ3n) is 4.82. The lowest BCUT2D eigenvalue weighted by Crippen LogP contribution is -2.37. The van der Waals surface area contributed by atoms with Crippen LogP contribution in [-0.4, -0.2) is 64.2 Å². The third kappa shape index (κ3) is 4.26. The largest absolute Gasteiger partial charge is 0.337 e. The predicted octanol–water partition coefficient (Wildman–Crippen LogP) is 1.83. The number of hydrogen-bond donors (Lipinski definition) is 0. The van der Waals surface area contributed by atoms with Crippen LogP contribution < -0.4 is 0 Å². The number of halogens is 1. The standard InChI is InChI=1S/C17H20ClN5O5S/c1-12-19-16(11-20(12)2)29(27,28)22-7-3-6-21(8-9-22)17(24)14-10-13(23(25)26)4-5-15(14)18/h4-5,10-11H,3,6-9H2,1-2H3. The van der Waals surface area contributed by atoms with E-state index in [0.29, 0.717) is 18.8 Å². The molecular weight excluding hydrogens is 422 g/mol. The van der Waals surface area contributed by atoms with Gasteiger partial charge >= 0.3 is 0 Å². The van der Waals surface area contributed by atoms with Gasteiger partial charge in [0, 0.05) is 51.6 Å². The molecule has 0 saturated carbocycles. The zero-order chi connectivity index (χ0) is 21.3. The van der Waals surface area contributed by atoms with Gasteiger partial charge in [0.05, 0.1) is 15.5 Å². The maximum absolute atomic E-state index is 12.9. The first-order valence-corrected chi connectivity index (χ1v) is 10.7. The summed E-state index contributed by atoms with van der Waals surface area (Å²) in [5.74, 6) is 0.113. The maximum Gasteiger partial charge on any atom is 0.270 e. The summed E-state index contributed by atoms with van der Waals surface area (Å²) in [6.07, 6.45) is 1.88. The van der Waals surface area contributed by atoms with Crippen molar-refractivity contribution in [2.75, 3.05) is 26.2 Å². The monoisotopic (exact) mass is 441 g/mol. The van der Waals surface area contributed by atoms with E-state index in [1.54, 1.807) is 18.5 Å². The van der Waals surface area contributed by atoms with Crippen molar-refractivity contribution in [3.05, 3.63) is 50.9 Å². The lowest BCUT2D eigenvalue weighted by molar-refractivity contribution is -0.384. The summed E-state index contributed by atoms with van der Waals surface area (Å²) in [7, 11) is -2.06. The maximum atomic E-state index is 12.9. The topological polar surface area (TPSA) is 119 Å². The Morgan fingerprint density at radius 2 is 1.97 bits per heavy atom. The molecule has 0 radical (unpaired) electrons. The molecule has 3 rings (SSSR count). The fraction of sp³-hybridized carbons (Fsp3) is 0.412. The molecule has 12 heteroatoms. The Morgan fingerprint density at radius 1 is 1.24 bits per heavy atom. The number of benzene rings is 1. The summed E-state index contributed by atoms with van der Waals surface area (Å²) >= 11 is 6.07. The van der Waals surface area contributed by atoms with Gasteiger partial charge in [-0.05, 0) is 19.4 Å². The summed E-state index contributed by atoms with van der Waals surface area (Å²) in [4.78, 5) is 28.8. The fourth-order valence-electron chi connectivity index (χ4n) is 3.08. The van der Waals surface area contributed by atoms with Crippen LogP contribution in [0.1, 0.15) is 22.6 Å². The van der Waals surface area contributed by atoms with Crippen molar-refractivity contribution in [2.24, 2.45) is 7.05 Å². The van der Waals surface area contributed by atoms with E-state index in [1.807, 2.05) is 0 Å². The molecule has 1 amide bonds. The van der Waals surface area contributed by atoms with Crippen LogP contribution in [0.25, 0.3) is 0 Å². The molecule has 156 valence electrons. The number of aromatic nitrogens is 2. The SMILES string of the molecule is Cc1nc(S(=O)(=O)N2CCCN(C(=O)c3cc([N+](=O)[O-])ccc3Cl)CC2)cn1C. The summed E-state index contributed by atoms with van der Waals surface area (Å²) < 4.78 is 28.7. The van der Waals surface area contributed by atoms with Crippen LogP contribution in [-0.2, 0) is 17.1 Å². The van der Waals surface area contributed by atoms with Crippen LogP contribution in [0.15, 0.2) is 29.4 Å². The van der Waals surface area contributed by atoms with Gasteiger partial charge in [0.1, 0.15) is 5.82 Å². The number of nitro groups is 1. The number of carbonyl (C=O) groups is 1. The number of hydrogen-bond acceptors (Lipinski definition) is 6. The Hall–Kier alpha value is -2.50. The Balaban J connectivity index is 1.79. The smallest absolute Gasteiger partial charge is 0.270 e. The summed E-state index contributed by atoms with van der Waals surface area (Å²) in [6, 6.07) is 3.68. The average molecular weight is 442 g/mol. The molecular formula is C17H20ClN5O5S. The molecule has 2 heterocycles. The second kappa shape index (κ2) is 8.09. The molecule has 2 aromatic rings. The highest BCUT2D eigenvalue weighted by atomic mass is 35.5. The van der Waals surface area contributed by atoms with Crippen molar-refractivity contribution in [1.82, 2.24) is 18.8 Å². The van der Waals surface area contributed by atoms with Gasteiger partial charge in [0.2, 0.25) is 0 Å². The van der Waals surface area contributed by atoms with Gasteiger partial charge in [0.15, 0.2) is 5.03 Å². The molecule has 1 saturated heterocycles. The normalized spacial score (nSPS) is 15.9. The van der Waals surface area contributed by atoms with Crippen LogP contribution in [0.3, 0.4) is 0 Å². The number of carbonyl (C=O) groups excluding carboxylic acids is 1. The van der Waals surface area contributed by atoms with Gasteiger partial charge in [-0.1, -0.05) is 11.6 Å². The van der Waals surface area contributed by atoms with Gasteiger partial charge in [0.25, 0.3) is 21.6 Å². The highest BCUT2D eigenvalue weighted by molar-refractivity contribution is 7.89. The number of non-ortho nitro benzene ring substituents is 1. The van der Waals surface area contributed by atoms with E-state index in [0.717, 1.165) is 6.07 Å². The molecule has 0 atom stereocenters. The highest BCUT2D eigenvalue weighted by Gasteiger charge is 2.31. The quantitative estimate of drug-likeness (QED) is 0.527. The fourth-order valence-corrected chi connectivity index (χ4v) is 4.77. The molecule has 1 fully saturated rings. The molecule has 29 heavy (non-hydrogen) atoms. The van der Waals surface area contributed by atoms with Crippen molar-refractivity contribution < 1.29 is 18.1 Å². The molecule has 1 aromatic carbocycles. The van der Waals surface area contributed by atoms with E-state index in [9.17, 15) is 23.3 Å². The molecule has 0 aliphatic carbocycles. The van der Waals surface area contributed by atoms with E-state index >= 15 is 0 Å². The van der Waals surface area contributed by atoms with Gasteiger partial charge in [-0.15, -0.1) is 0 Å². The van der Waals surface area contributed by atoms with E-state index in [-0.39, 0.29) is 40.9 Å². The van der Waals surface area contributed by atoms with E-state index in [4.69, 9.17) is 11.6 Å². The van der Waals surface area contributed by atoms with E-state index < -0.39 is 20.9 Å². The van der Waals surface area contributed by atoms with Crippen molar-refractivity contribution in [2.45, 2.75) is 18.4 Å². The van der Waals surface area contributed by atoms with Crippen molar-refractivity contribution >= 4 is 33.2 Å². The Labute approximate surface area is 172 Å². The zero-order valence-electron chi connectivity index (χ0n) is 15.9. The number of rotatable bonds is 4. The minimum Gasteiger partial charge on any atom is -0.337 e. The van der Waals surface area contributed by atoms with Crippen molar-refractivity contribution in [3.63, 3.8) is 0 Å². The van der Waals surface area contributed by atoms with Crippen molar-refractivity contribution in [1.29, 1.82) is 0 Å². The van der Waals surface area contributed by atoms with Crippen LogP contribution in [0.4, 0.5) is 5.69 Å². The average Bonchev–Trinajstić information content (AvgIpc) is 2.87. The van der Waals surface area contributed by atoms with Crippen LogP contribution in [0.2, 0.25) is 5.02 Å². The molecule has 0 spiro atoms. The highest BCUT2D eigenvalue weighted by Crippen LogP contribution is 2.24. The Morgan fingerprint density at radius 3 is 2.59 bits per heavy atom. The summed E-state index contributed by atoms with van der Waals surface area (Å²) in [5.41, 5.74) is -0.208. The number of nitro benzene ring substituents is 1. The van der Waals surface area contributed by atoms with E-state index in [2.05, 4.69) is 4.98 Å². The van der Waals surface area contributed by atoms with Crippen molar-refractivity contribution in [3.8, 4) is 0 Å². The molecule has 1 aliphatic rings. The van der Waals surface area contributed by atoms with Gasteiger partial charge in [-0.25, -0.2) is 13.4 Å². The number of imidazole rings is 1. The second-order valence-corrected chi connectivity index (χ2v) is 9.00. The van der Waals surface area contributed by atoms with Crippen LogP contribution in [0.5, 0.6) is 0 Å². The Kier molecular flexibility index (Phi) is 5.92. The number of amides is 1.